The molecular formula is C17H12O2. The predicted molar refractivity (Wildman–Crippen MR) is 74.0 cm³/mol. The van der Waals surface area contributed by atoms with Gasteiger partial charge in [0.25, 0.3) is 0 Å². The van der Waals surface area contributed by atoms with Gasteiger partial charge in [0, 0.05) is 16.7 Å². The number of hydrogen-bond donors (Lipinski definition) is 0. The van der Waals surface area contributed by atoms with Crippen LogP contribution in [0.5, 0.6) is 0 Å². The Morgan fingerprint density at radius 1 is 0.789 bits per heavy atom. The first kappa shape index (κ1) is 11.5. The molecule has 2 heteroatoms. The molecule has 92 valence electrons. The van der Waals surface area contributed by atoms with E-state index >= 15 is 0 Å². The molecule has 3 rings (SSSR count). The highest BCUT2D eigenvalue weighted by Gasteiger charge is 2.10. The summed E-state index contributed by atoms with van der Waals surface area (Å²) in [5.74, 6) is 0.789. The molecule has 0 amide bonds. The summed E-state index contributed by atoms with van der Waals surface area (Å²) in [6.07, 6.45) is 1.63. The number of furan rings is 1. The van der Waals surface area contributed by atoms with Gasteiger partial charge in [0.15, 0.2) is 5.78 Å². The first-order valence-corrected chi connectivity index (χ1v) is 6.08. The maximum absolute atomic E-state index is 12.3. The molecule has 3 aromatic rings. The van der Waals surface area contributed by atoms with Gasteiger partial charge in [-0.1, -0.05) is 48.5 Å². The standard InChI is InChI=1S/C17H12O2/c18-17(13-6-2-1-3-7-13)15-9-4-8-14(12-15)16-10-5-11-19-16/h1-12H. The lowest BCUT2D eigenvalue weighted by atomic mass is 10.0. The summed E-state index contributed by atoms with van der Waals surface area (Å²) < 4.78 is 5.35. The van der Waals surface area contributed by atoms with Crippen LogP contribution in [-0.4, -0.2) is 5.78 Å². The zero-order chi connectivity index (χ0) is 13.1. The van der Waals surface area contributed by atoms with Crippen molar-refractivity contribution in [3.63, 3.8) is 0 Å². The number of ketones is 1. The quantitative estimate of drug-likeness (QED) is 0.651. The molecule has 2 nitrogen and oxygen atoms in total. The van der Waals surface area contributed by atoms with E-state index in [-0.39, 0.29) is 5.78 Å². The van der Waals surface area contributed by atoms with Gasteiger partial charge in [-0.05, 0) is 18.2 Å². The minimum absolute atomic E-state index is 0.0222. The Labute approximate surface area is 111 Å². The second kappa shape index (κ2) is 4.94. The summed E-state index contributed by atoms with van der Waals surface area (Å²) in [5, 5.41) is 0. The van der Waals surface area contributed by atoms with Crippen LogP contribution in [-0.2, 0) is 0 Å². The number of rotatable bonds is 3. The third-order valence-corrected chi connectivity index (χ3v) is 2.97. The van der Waals surface area contributed by atoms with Crippen LogP contribution in [0.4, 0.5) is 0 Å². The molecule has 0 aliphatic rings. The first-order chi connectivity index (χ1) is 9.34. The normalized spacial score (nSPS) is 10.3. The Morgan fingerprint density at radius 3 is 2.32 bits per heavy atom. The molecule has 0 spiro atoms. The van der Waals surface area contributed by atoms with Gasteiger partial charge in [-0.2, -0.15) is 0 Å². The van der Waals surface area contributed by atoms with Crippen LogP contribution >= 0.6 is 0 Å². The molecule has 2 aromatic carbocycles. The van der Waals surface area contributed by atoms with Gasteiger partial charge >= 0.3 is 0 Å². The average molecular weight is 248 g/mol. The highest BCUT2D eigenvalue weighted by molar-refractivity contribution is 6.09. The lowest BCUT2D eigenvalue weighted by molar-refractivity contribution is 0.103. The van der Waals surface area contributed by atoms with Crippen LogP contribution in [0.25, 0.3) is 11.3 Å². The van der Waals surface area contributed by atoms with Crippen LogP contribution in [0, 0.1) is 0 Å². The zero-order valence-corrected chi connectivity index (χ0v) is 10.2. The molecule has 0 saturated carbocycles. The van der Waals surface area contributed by atoms with Crippen molar-refractivity contribution in [2.45, 2.75) is 0 Å². The molecule has 0 aliphatic carbocycles. The number of carbonyl (C=O) groups is 1. The van der Waals surface area contributed by atoms with E-state index in [9.17, 15) is 4.79 Å². The van der Waals surface area contributed by atoms with Crippen molar-refractivity contribution in [3.05, 3.63) is 84.1 Å². The summed E-state index contributed by atoms with van der Waals surface area (Å²) in [6.45, 7) is 0. The van der Waals surface area contributed by atoms with E-state index in [0.29, 0.717) is 11.1 Å². The fraction of sp³-hybridized carbons (Fsp3) is 0. The molecular weight excluding hydrogens is 236 g/mol. The lowest BCUT2D eigenvalue weighted by Gasteiger charge is -2.03. The van der Waals surface area contributed by atoms with Crippen LogP contribution in [0.15, 0.2) is 77.4 Å². The van der Waals surface area contributed by atoms with Crippen molar-refractivity contribution in [3.8, 4) is 11.3 Å². The molecule has 19 heavy (non-hydrogen) atoms. The van der Waals surface area contributed by atoms with E-state index in [2.05, 4.69) is 0 Å². The SMILES string of the molecule is O=C(c1ccccc1)c1cccc(-c2ccco2)c1. The highest BCUT2D eigenvalue weighted by Crippen LogP contribution is 2.22. The summed E-state index contributed by atoms with van der Waals surface area (Å²) in [4.78, 5) is 12.3. The van der Waals surface area contributed by atoms with Crippen LogP contribution in [0.3, 0.4) is 0 Å². The summed E-state index contributed by atoms with van der Waals surface area (Å²) in [7, 11) is 0. The number of hydrogen-bond acceptors (Lipinski definition) is 2. The molecule has 0 bridgehead atoms. The second-order valence-corrected chi connectivity index (χ2v) is 4.25. The molecule has 0 aliphatic heterocycles. The molecule has 0 saturated heterocycles. The van der Waals surface area contributed by atoms with E-state index < -0.39 is 0 Å². The Morgan fingerprint density at radius 2 is 1.58 bits per heavy atom. The predicted octanol–water partition coefficient (Wildman–Crippen LogP) is 4.18. The molecule has 0 unspecified atom stereocenters. The van der Waals surface area contributed by atoms with Gasteiger partial charge in [0.05, 0.1) is 6.26 Å². The monoisotopic (exact) mass is 248 g/mol. The molecule has 0 atom stereocenters. The van der Waals surface area contributed by atoms with Gasteiger partial charge in [0.1, 0.15) is 5.76 Å². The zero-order valence-electron chi connectivity index (χ0n) is 10.2. The average Bonchev–Trinajstić information content (AvgIpc) is 3.02. The fourth-order valence-corrected chi connectivity index (χ4v) is 2.01. The molecule has 1 heterocycles. The lowest BCUT2D eigenvalue weighted by Crippen LogP contribution is -2.00. The largest absolute Gasteiger partial charge is 0.464 e. The summed E-state index contributed by atoms with van der Waals surface area (Å²) in [6, 6.07) is 20.5. The van der Waals surface area contributed by atoms with E-state index in [1.807, 2.05) is 66.7 Å². The van der Waals surface area contributed by atoms with E-state index in [1.54, 1.807) is 6.26 Å². The van der Waals surface area contributed by atoms with Crippen molar-refractivity contribution in [1.82, 2.24) is 0 Å². The van der Waals surface area contributed by atoms with Crippen LogP contribution in [0.1, 0.15) is 15.9 Å². The van der Waals surface area contributed by atoms with Crippen LogP contribution < -0.4 is 0 Å². The molecule has 0 N–H and O–H groups in total. The van der Waals surface area contributed by atoms with Crippen LogP contribution in [0.2, 0.25) is 0 Å². The van der Waals surface area contributed by atoms with E-state index in [4.69, 9.17) is 4.42 Å². The minimum atomic E-state index is 0.0222. The number of benzene rings is 2. The van der Waals surface area contributed by atoms with Gasteiger partial charge in [-0.25, -0.2) is 0 Å². The smallest absolute Gasteiger partial charge is 0.193 e. The van der Waals surface area contributed by atoms with Crippen molar-refractivity contribution in [2.75, 3.05) is 0 Å². The molecule has 0 radical (unpaired) electrons. The molecule has 1 aromatic heterocycles. The summed E-state index contributed by atoms with van der Waals surface area (Å²) in [5.41, 5.74) is 2.27. The van der Waals surface area contributed by atoms with Crippen molar-refractivity contribution in [2.24, 2.45) is 0 Å². The third kappa shape index (κ3) is 2.33. The first-order valence-electron chi connectivity index (χ1n) is 6.08. The van der Waals surface area contributed by atoms with Gasteiger partial charge in [-0.15, -0.1) is 0 Å². The maximum Gasteiger partial charge on any atom is 0.193 e. The Kier molecular flexibility index (Phi) is 2.99. The van der Waals surface area contributed by atoms with Crippen molar-refractivity contribution in [1.29, 1.82) is 0 Å². The van der Waals surface area contributed by atoms with E-state index in [1.165, 1.54) is 0 Å². The van der Waals surface area contributed by atoms with Crippen molar-refractivity contribution < 1.29 is 9.21 Å². The third-order valence-electron chi connectivity index (χ3n) is 2.97. The Balaban J connectivity index is 1.98. The Bertz CT molecular complexity index is 682. The minimum Gasteiger partial charge on any atom is -0.464 e. The van der Waals surface area contributed by atoms with Gasteiger partial charge in [0.2, 0.25) is 0 Å². The molecule has 0 fully saturated rings. The van der Waals surface area contributed by atoms with Gasteiger partial charge in [-0.3, -0.25) is 4.79 Å². The highest BCUT2D eigenvalue weighted by atomic mass is 16.3. The van der Waals surface area contributed by atoms with Gasteiger partial charge < -0.3 is 4.42 Å². The van der Waals surface area contributed by atoms with Crippen molar-refractivity contribution >= 4 is 5.78 Å². The second-order valence-electron chi connectivity index (χ2n) is 4.25. The maximum atomic E-state index is 12.3. The Hall–Kier alpha value is -2.61. The fourth-order valence-electron chi connectivity index (χ4n) is 2.01. The topological polar surface area (TPSA) is 30.2 Å². The summed E-state index contributed by atoms with van der Waals surface area (Å²) >= 11 is 0. The number of carbonyl (C=O) groups excluding carboxylic acids is 1. The van der Waals surface area contributed by atoms with E-state index in [0.717, 1.165) is 11.3 Å².